The zero-order valence-corrected chi connectivity index (χ0v) is 7.05. The van der Waals surface area contributed by atoms with Crippen LogP contribution in [0.25, 0.3) is 0 Å². The Morgan fingerprint density at radius 3 is 2.64 bits per heavy atom. The van der Waals surface area contributed by atoms with Crippen molar-refractivity contribution in [3.8, 4) is 0 Å². The molecule has 0 aromatic heterocycles. The van der Waals surface area contributed by atoms with Crippen LogP contribution in [0.1, 0.15) is 32.6 Å². The average Bonchev–Trinajstić information content (AvgIpc) is 2.05. The lowest BCUT2D eigenvalue weighted by Gasteiger charge is -2.15. The van der Waals surface area contributed by atoms with E-state index in [1.54, 1.807) is 0 Å². The molecule has 0 spiro atoms. The van der Waals surface area contributed by atoms with Crippen molar-refractivity contribution in [2.75, 3.05) is 0 Å². The van der Waals surface area contributed by atoms with Crippen LogP contribution in [0.2, 0.25) is 0 Å². The summed E-state index contributed by atoms with van der Waals surface area (Å²) in [4.78, 5) is 10.2. The Labute approximate surface area is 67.6 Å². The second-order valence-electron chi connectivity index (χ2n) is 2.74. The van der Waals surface area contributed by atoms with Crippen LogP contribution in [0.5, 0.6) is 0 Å². The molecule has 0 aromatic carbocycles. The largest absolute Gasteiger partial charge is 0.301 e. The monoisotopic (exact) mass is 156 g/mol. The Kier molecular flexibility index (Phi) is 4.70. The first-order chi connectivity index (χ1) is 5.18. The second-order valence-corrected chi connectivity index (χ2v) is 2.74. The van der Waals surface area contributed by atoms with E-state index >= 15 is 0 Å². The average molecular weight is 156 g/mol. The molecule has 1 unspecified atom stereocenters. The van der Waals surface area contributed by atoms with Gasteiger partial charge in [0.15, 0.2) is 5.66 Å². The van der Waals surface area contributed by atoms with Gasteiger partial charge < -0.3 is 5.73 Å². The molecule has 0 radical (unpaired) electrons. The van der Waals surface area contributed by atoms with Gasteiger partial charge in [0.25, 0.3) is 0 Å². The number of unbranched alkanes of at least 4 members (excludes halogenated alkanes) is 2. The van der Waals surface area contributed by atoms with Gasteiger partial charge in [0.1, 0.15) is 0 Å². The van der Waals surface area contributed by atoms with Crippen LogP contribution in [0, 0.1) is 4.91 Å². The van der Waals surface area contributed by atoms with E-state index in [-0.39, 0.29) is 0 Å². The van der Waals surface area contributed by atoms with E-state index in [0.29, 0.717) is 6.42 Å². The number of hydrogen-bond donors (Lipinski definition) is 1. The van der Waals surface area contributed by atoms with Crippen molar-refractivity contribution >= 4 is 0 Å². The number of nitrogens with zero attached hydrogens (tertiary/aromatic N) is 1. The third-order valence-electron chi connectivity index (χ3n) is 1.70. The standard InChI is InChI=1S/C8H16N2O/c1-3-5-6-7-8(9,4-2)10-11/h4H,2-3,5-7,9H2,1H3. The van der Waals surface area contributed by atoms with E-state index in [9.17, 15) is 4.91 Å². The predicted octanol–water partition coefficient (Wildman–Crippen LogP) is 2.17. The molecule has 0 heterocycles. The van der Waals surface area contributed by atoms with Crippen molar-refractivity contribution < 1.29 is 0 Å². The van der Waals surface area contributed by atoms with E-state index in [2.05, 4.69) is 18.7 Å². The predicted molar refractivity (Wildman–Crippen MR) is 47.1 cm³/mol. The fourth-order valence-electron chi connectivity index (χ4n) is 0.843. The Balaban J connectivity index is 3.69. The van der Waals surface area contributed by atoms with Crippen LogP contribution in [0.3, 0.4) is 0 Å². The van der Waals surface area contributed by atoms with Crippen LogP contribution in [0.15, 0.2) is 17.8 Å². The van der Waals surface area contributed by atoms with Gasteiger partial charge in [0.05, 0.1) is 0 Å². The summed E-state index contributed by atoms with van der Waals surface area (Å²) in [5.74, 6) is 0. The molecule has 0 bridgehead atoms. The molecule has 3 nitrogen and oxygen atoms in total. The third kappa shape index (κ3) is 3.88. The summed E-state index contributed by atoms with van der Waals surface area (Å²) in [6.07, 6.45) is 5.16. The van der Waals surface area contributed by atoms with Crippen molar-refractivity contribution in [1.82, 2.24) is 0 Å². The minimum atomic E-state index is -1.03. The molecule has 11 heavy (non-hydrogen) atoms. The highest BCUT2D eigenvalue weighted by Crippen LogP contribution is 2.14. The van der Waals surface area contributed by atoms with E-state index in [1.807, 2.05) is 0 Å². The second kappa shape index (κ2) is 5.02. The van der Waals surface area contributed by atoms with E-state index in [4.69, 9.17) is 5.73 Å². The number of rotatable bonds is 6. The fraction of sp³-hybridized carbons (Fsp3) is 0.750. The Morgan fingerprint density at radius 2 is 2.27 bits per heavy atom. The van der Waals surface area contributed by atoms with Gasteiger partial charge in [0, 0.05) is 0 Å². The van der Waals surface area contributed by atoms with E-state index in [0.717, 1.165) is 19.3 Å². The molecule has 0 aromatic rings. The lowest BCUT2D eigenvalue weighted by molar-refractivity contribution is 0.474. The molecule has 3 heteroatoms. The van der Waals surface area contributed by atoms with Crippen LogP contribution in [-0.4, -0.2) is 5.66 Å². The van der Waals surface area contributed by atoms with Crippen LogP contribution >= 0.6 is 0 Å². The molecule has 0 aliphatic heterocycles. The highest BCUT2D eigenvalue weighted by molar-refractivity contribution is 4.97. The molecular formula is C8H16N2O. The van der Waals surface area contributed by atoms with Gasteiger partial charge >= 0.3 is 0 Å². The summed E-state index contributed by atoms with van der Waals surface area (Å²) in [5.41, 5.74) is 4.51. The summed E-state index contributed by atoms with van der Waals surface area (Å²) in [5, 5.41) is 2.82. The summed E-state index contributed by atoms with van der Waals surface area (Å²) in [7, 11) is 0. The van der Waals surface area contributed by atoms with Gasteiger partial charge in [-0.25, -0.2) is 0 Å². The Hall–Kier alpha value is -0.700. The van der Waals surface area contributed by atoms with Crippen LogP contribution in [0.4, 0.5) is 0 Å². The molecule has 0 fully saturated rings. The first-order valence-corrected chi connectivity index (χ1v) is 3.95. The lowest BCUT2D eigenvalue weighted by atomic mass is 10.0. The van der Waals surface area contributed by atoms with Crippen molar-refractivity contribution in [2.45, 2.75) is 38.3 Å². The smallest absolute Gasteiger partial charge is 0.168 e. The molecule has 0 aliphatic carbocycles. The maximum absolute atomic E-state index is 10.2. The van der Waals surface area contributed by atoms with Gasteiger partial charge in [-0.3, -0.25) is 0 Å². The Morgan fingerprint density at radius 1 is 1.64 bits per heavy atom. The molecule has 0 amide bonds. The first-order valence-electron chi connectivity index (χ1n) is 3.95. The highest BCUT2D eigenvalue weighted by atomic mass is 16.3. The number of hydrogen-bond acceptors (Lipinski definition) is 3. The third-order valence-corrected chi connectivity index (χ3v) is 1.70. The van der Waals surface area contributed by atoms with Crippen LogP contribution < -0.4 is 5.73 Å². The maximum atomic E-state index is 10.2. The summed E-state index contributed by atoms with van der Waals surface area (Å²) in [6, 6.07) is 0. The number of nitrogens with two attached hydrogens (primary N) is 1. The topological polar surface area (TPSA) is 55.4 Å². The molecular weight excluding hydrogens is 140 g/mol. The minimum absolute atomic E-state index is 0.605. The summed E-state index contributed by atoms with van der Waals surface area (Å²) < 4.78 is 0. The SMILES string of the molecule is C=CC(N)(CCCCC)N=O. The van der Waals surface area contributed by atoms with E-state index in [1.165, 1.54) is 6.08 Å². The molecule has 64 valence electrons. The van der Waals surface area contributed by atoms with E-state index < -0.39 is 5.66 Å². The minimum Gasteiger partial charge on any atom is -0.301 e. The quantitative estimate of drug-likeness (QED) is 0.364. The lowest BCUT2D eigenvalue weighted by Crippen LogP contribution is -2.34. The molecule has 0 saturated carbocycles. The van der Waals surface area contributed by atoms with Gasteiger partial charge in [-0.1, -0.05) is 26.3 Å². The fourth-order valence-corrected chi connectivity index (χ4v) is 0.843. The van der Waals surface area contributed by atoms with Crippen molar-refractivity contribution in [2.24, 2.45) is 10.9 Å². The molecule has 0 rings (SSSR count). The van der Waals surface area contributed by atoms with Gasteiger partial charge in [0.2, 0.25) is 0 Å². The molecule has 0 aliphatic rings. The van der Waals surface area contributed by atoms with Crippen molar-refractivity contribution in [1.29, 1.82) is 0 Å². The maximum Gasteiger partial charge on any atom is 0.168 e. The van der Waals surface area contributed by atoms with Crippen molar-refractivity contribution in [3.05, 3.63) is 17.6 Å². The van der Waals surface area contributed by atoms with Crippen LogP contribution in [-0.2, 0) is 0 Å². The number of nitroso groups, excluding NO2 is 1. The molecule has 1 atom stereocenters. The van der Waals surface area contributed by atoms with Gasteiger partial charge in [-0.15, -0.1) is 4.91 Å². The van der Waals surface area contributed by atoms with Gasteiger partial charge in [-0.2, -0.15) is 0 Å². The van der Waals surface area contributed by atoms with Crippen molar-refractivity contribution in [3.63, 3.8) is 0 Å². The first kappa shape index (κ1) is 10.3. The van der Waals surface area contributed by atoms with Gasteiger partial charge in [-0.05, 0) is 24.1 Å². The zero-order chi connectivity index (χ0) is 8.74. The highest BCUT2D eigenvalue weighted by Gasteiger charge is 2.19. The Bertz CT molecular complexity index is 126. The normalized spacial score (nSPS) is 15.5. The molecule has 0 saturated heterocycles. The summed E-state index contributed by atoms with van der Waals surface area (Å²) in [6.45, 7) is 5.56. The summed E-state index contributed by atoms with van der Waals surface area (Å²) >= 11 is 0. The zero-order valence-electron chi connectivity index (χ0n) is 7.05. The molecule has 2 N–H and O–H groups in total.